The van der Waals surface area contributed by atoms with Gasteiger partial charge in [-0.15, -0.1) is 0 Å². The molecule has 2 amide bonds. The number of fused-ring (bicyclic) bond motifs is 1. The van der Waals surface area contributed by atoms with Crippen molar-refractivity contribution in [2.75, 3.05) is 11.9 Å². The second-order valence-corrected chi connectivity index (χ2v) is 5.26. The van der Waals surface area contributed by atoms with Crippen molar-refractivity contribution in [3.63, 3.8) is 0 Å². The molecule has 2 heterocycles. The van der Waals surface area contributed by atoms with Gasteiger partial charge in [-0.2, -0.15) is 5.10 Å². The number of rotatable bonds is 3. The highest BCUT2D eigenvalue weighted by molar-refractivity contribution is 5.89. The largest absolute Gasteiger partial charge is 0.334 e. The van der Waals surface area contributed by atoms with Crippen molar-refractivity contribution in [2.45, 2.75) is 19.5 Å². The summed E-state index contributed by atoms with van der Waals surface area (Å²) in [7, 11) is 1.81. The first-order valence-corrected chi connectivity index (χ1v) is 7.18. The van der Waals surface area contributed by atoms with Crippen LogP contribution >= 0.6 is 0 Å². The molecule has 0 saturated carbocycles. The molecule has 1 aliphatic heterocycles. The molecule has 2 aromatic rings. The van der Waals surface area contributed by atoms with Crippen molar-refractivity contribution in [3.05, 3.63) is 46.9 Å². The molecule has 0 aliphatic carbocycles. The Balaban J connectivity index is 1.62. The van der Waals surface area contributed by atoms with Crippen LogP contribution in [0.15, 0.2) is 24.3 Å². The molecule has 0 bridgehead atoms. The number of benzene rings is 1. The Morgan fingerprint density at radius 1 is 1.41 bits per heavy atom. The topological polar surface area (TPSA) is 71.0 Å². The van der Waals surface area contributed by atoms with E-state index in [0.717, 1.165) is 29.8 Å². The number of carbonyl (C=O) groups is 1. The zero-order valence-electron chi connectivity index (χ0n) is 12.3. The summed E-state index contributed by atoms with van der Waals surface area (Å²) in [5.74, 6) is 0.418. The first-order chi connectivity index (χ1) is 10.6. The number of halogens is 1. The molecule has 3 rings (SSSR count). The molecule has 0 atom stereocenters. The van der Waals surface area contributed by atoms with Crippen molar-refractivity contribution >= 4 is 11.8 Å². The number of aryl methyl sites for hydroxylation is 1. The molecular weight excluding hydrogens is 285 g/mol. The molecule has 1 aromatic carbocycles. The smallest absolute Gasteiger partial charge is 0.320 e. The number of carbonyl (C=O) groups excluding carboxylic acids is 1. The second-order valence-electron chi connectivity index (χ2n) is 5.26. The monoisotopic (exact) mass is 303 g/mol. The summed E-state index contributed by atoms with van der Waals surface area (Å²) >= 11 is 0. The second kappa shape index (κ2) is 6.15. The molecule has 0 saturated heterocycles. The van der Waals surface area contributed by atoms with E-state index in [1.807, 2.05) is 7.05 Å². The van der Waals surface area contributed by atoms with E-state index in [-0.39, 0.29) is 11.8 Å². The highest BCUT2D eigenvalue weighted by Gasteiger charge is 2.20. The molecule has 0 fully saturated rings. The Hall–Kier alpha value is -2.41. The maximum atomic E-state index is 12.8. The van der Waals surface area contributed by atoms with Gasteiger partial charge in [0.25, 0.3) is 0 Å². The lowest BCUT2D eigenvalue weighted by atomic mass is 10.1. The molecule has 0 spiro atoms. The van der Waals surface area contributed by atoms with E-state index in [0.29, 0.717) is 18.9 Å². The van der Waals surface area contributed by atoms with Crippen LogP contribution in [0, 0.1) is 5.82 Å². The van der Waals surface area contributed by atoms with Gasteiger partial charge in [-0.05, 0) is 17.7 Å². The van der Waals surface area contributed by atoms with Crippen molar-refractivity contribution in [1.29, 1.82) is 0 Å². The summed E-state index contributed by atoms with van der Waals surface area (Å²) in [6.07, 6.45) is 0.863. The quantitative estimate of drug-likeness (QED) is 0.805. The van der Waals surface area contributed by atoms with Gasteiger partial charge < -0.3 is 10.6 Å². The average Bonchev–Trinajstić information content (AvgIpc) is 2.83. The van der Waals surface area contributed by atoms with Crippen LogP contribution < -0.4 is 16.0 Å². The third kappa shape index (κ3) is 3.09. The van der Waals surface area contributed by atoms with Crippen LogP contribution in [0.2, 0.25) is 0 Å². The summed E-state index contributed by atoms with van der Waals surface area (Å²) in [6, 6.07) is 5.73. The Morgan fingerprint density at radius 3 is 2.95 bits per heavy atom. The number of nitrogens with one attached hydrogen (secondary N) is 3. The third-order valence-corrected chi connectivity index (χ3v) is 3.67. The maximum absolute atomic E-state index is 12.8. The predicted octanol–water partition coefficient (Wildman–Crippen LogP) is 1.53. The third-order valence-electron chi connectivity index (χ3n) is 3.67. The highest BCUT2D eigenvalue weighted by atomic mass is 19.1. The van der Waals surface area contributed by atoms with E-state index in [9.17, 15) is 9.18 Å². The molecular formula is C15H18FN5O. The van der Waals surface area contributed by atoms with Gasteiger partial charge in [-0.25, -0.2) is 9.18 Å². The normalized spacial score (nSPS) is 13.5. The molecule has 116 valence electrons. The maximum Gasteiger partial charge on any atom is 0.320 e. The van der Waals surface area contributed by atoms with Gasteiger partial charge in [0.2, 0.25) is 0 Å². The van der Waals surface area contributed by atoms with E-state index >= 15 is 0 Å². The molecule has 22 heavy (non-hydrogen) atoms. The van der Waals surface area contributed by atoms with Crippen molar-refractivity contribution in [1.82, 2.24) is 20.4 Å². The summed E-state index contributed by atoms with van der Waals surface area (Å²) in [6.45, 7) is 1.95. The standard InChI is InChI=1S/C15H18FN5O/c1-21-14(12-9-17-7-6-13(12)20-21)19-15(22)18-8-10-2-4-11(16)5-3-10/h2-5,17H,6-9H2,1H3,(H2,18,19,22). The molecule has 0 unspecified atom stereocenters. The summed E-state index contributed by atoms with van der Waals surface area (Å²) in [5, 5.41) is 13.3. The van der Waals surface area contributed by atoms with Crippen molar-refractivity contribution in [3.8, 4) is 0 Å². The van der Waals surface area contributed by atoms with E-state index in [2.05, 4.69) is 21.0 Å². The minimum absolute atomic E-state index is 0.290. The number of anilines is 1. The Bertz CT molecular complexity index is 680. The number of aromatic nitrogens is 2. The van der Waals surface area contributed by atoms with Crippen LogP contribution in [-0.2, 0) is 26.6 Å². The van der Waals surface area contributed by atoms with Gasteiger partial charge in [0.15, 0.2) is 0 Å². The fourth-order valence-corrected chi connectivity index (χ4v) is 2.52. The SMILES string of the molecule is Cn1nc2c(c1NC(=O)NCc1ccc(F)cc1)CNCC2. The van der Waals surface area contributed by atoms with E-state index in [4.69, 9.17) is 0 Å². The molecule has 6 nitrogen and oxygen atoms in total. The number of hydrogen-bond donors (Lipinski definition) is 3. The molecule has 1 aliphatic rings. The Kier molecular flexibility index (Phi) is 4.06. The lowest BCUT2D eigenvalue weighted by Crippen LogP contribution is -2.30. The van der Waals surface area contributed by atoms with Gasteiger partial charge in [0.05, 0.1) is 5.69 Å². The summed E-state index contributed by atoms with van der Waals surface area (Å²) in [4.78, 5) is 12.0. The lowest BCUT2D eigenvalue weighted by molar-refractivity contribution is 0.251. The first kappa shape index (κ1) is 14.5. The van der Waals surface area contributed by atoms with Gasteiger partial charge in [-0.1, -0.05) is 12.1 Å². The minimum Gasteiger partial charge on any atom is -0.334 e. The first-order valence-electron chi connectivity index (χ1n) is 7.18. The molecule has 0 radical (unpaired) electrons. The van der Waals surface area contributed by atoms with Gasteiger partial charge in [-0.3, -0.25) is 10.00 Å². The highest BCUT2D eigenvalue weighted by Crippen LogP contribution is 2.21. The Morgan fingerprint density at radius 2 is 2.18 bits per heavy atom. The van der Waals surface area contributed by atoms with Crippen LogP contribution in [0.4, 0.5) is 15.0 Å². The van der Waals surface area contributed by atoms with Gasteiger partial charge >= 0.3 is 6.03 Å². The number of nitrogens with zero attached hydrogens (tertiary/aromatic N) is 2. The number of hydrogen-bond acceptors (Lipinski definition) is 3. The Labute approximate surface area is 127 Å². The van der Waals surface area contributed by atoms with E-state index < -0.39 is 0 Å². The van der Waals surface area contributed by atoms with Crippen LogP contribution in [0.5, 0.6) is 0 Å². The minimum atomic E-state index is -0.305. The average molecular weight is 303 g/mol. The van der Waals surface area contributed by atoms with Crippen molar-refractivity contribution < 1.29 is 9.18 Å². The van der Waals surface area contributed by atoms with Crippen molar-refractivity contribution in [2.24, 2.45) is 7.05 Å². The summed E-state index contributed by atoms with van der Waals surface area (Å²) < 4.78 is 14.5. The van der Waals surface area contributed by atoms with Gasteiger partial charge in [0.1, 0.15) is 11.6 Å². The zero-order valence-corrected chi connectivity index (χ0v) is 12.3. The number of amides is 2. The lowest BCUT2D eigenvalue weighted by Gasteiger charge is -2.14. The van der Waals surface area contributed by atoms with E-state index in [1.165, 1.54) is 12.1 Å². The van der Waals surface area contributed by atoms with Crippen LogP contribution in [0.25, 0.3) is 0 Å². The van der Waals surface area contributed by atoms with Crippen LogP contribution in [-0.4, -0.2) is 22.4 Å². The van der Waals surface area contributed by atoms with Crippen LogP contribution in [0.3, 0.4) is 0 Å². The molecule has 3 N–H and O–H groups in total. The van der Waals surface area contributed by atoms with Gasteiger partial charge in [0, 0.05) is 38.7 Å². The zero-order chi connectivity index (χ0) is 15.5. The summed E-state index contributed by atoms with van der Waals surface area (Å²) in [5.41, 5.74) is 2.89. The predicted molar refractivity (Wildman–Crippen MR) is 80.9 cm³/mol. The van der Waals surface area contributed by atoms with E-state index in [1.54, 1.807) is 16.8 Å². The molecule has 7 heteroatoms. The molecule has 1 aromatic heterocycles. The fourth-order valence-electron chi connectivity index (χ4n) is 2.52. The van der Waals surface area contributed by atoms with Crippen LogP contribution in [0.1, 0.15) is 16.8 Å². The number of urea groups is 1. The fraction of sp³-hybridized carbons (Fsp3) is 0.333.